The summed E-state index contributed by atoms with van der Waals surface area (Å²) in [5, 5.41) is 4.08. The van der Waals surface area contributed by atoms with Crippen LogP contribution in [-0.2, 0) is 0 Å². The van der Waals surface area contributed by atoms with Crippen LogP contribution in [0.15, 0.2) is 12.1 Å². The quantitative estimate of drug-likeness (QED) is 0.840. The first-order chi connectivity index (χ1) is 9.49. The summed E-state index contributed by atoms with van der Waals surface area (Å²) in [6, 6.07) is 2.81. The van der Waals surface area contributed by atoms with Gasteiger partial charge < -0.3 is 10.2 Å². The molecule has 1 fully saturated rings. The lowest BCUT2D eigenvalue weighted by Gasteiger charge is -2.30. The summed E-state index contributed by atoms with van der Waals surface area (Å²) in [7, 11) is 2.15. The fraction of sp³-hybridized carbons (Fsp3) is 0.600. The maximum atomic E-state index is 13.5. The van der Waals surface area contributed by atoms with E-state index in [2.05, 4.69) is 17.3 Å². The summed E-state index contributed by atoms with van der Waals surface area (Å²) in [5.74, 6) is 0.249. The molecule has 1 N–H and O–H groups in total. The number of nitrogens with zero attached hydrogens (tertiary/aromatic N) is 1. The Bertz CT molecular complexity index is 459. The van der Waals surface area contributed by atoms with Gasteiger partial charge in [0, 0.05) is 16.6 Å². The summed E-state index contributed by atoms with van der Waals surface area (Å²) in [5.41, 5.74) is 0.654. The molecule has 2 nitrogen and oxygen atoms in total. The van der Waals surface area contributed by atoms with Crippen molar-refractivity contribution in [1.82, 2.24) is 10.2 Å². The molecule has 0 amide bonds. The third-order valence-corrected chi connectivity index (χ3v) is 4.78. The molecule has 1 aromatic carbocycles. The Labute approximate surface area is 130 Å². The lowest BCUT2D eigenvalue weighted by molar-refractivity contribution is 0.213. The third-order valence-electron chi connectivity index (χ3n) is 4.06. The maximum Gasteiger partial charge on any atom is 0.142 e. The van der Waals surface area contributed by atoms with Crippen LogP contribution in [0.2, 0.25) is 10.0 Å². The van der Waals surface area contributed by atoms with Crippen molar-refractivity contribution in [1.29, 1.82) is 0 Å². The van der Waals surface area contributed by atoms with Gasteiger partial charge in [-0.1, -0.05) is 23.2 Å². The lowest BCUT2D eigenvalue weighted by atomic mass is 9.96. The highest BCUT2D eigenvalue weighted by Crippen LogP contribution is 2.32. The smallest absolute Gasteiger partial charge is 0.142 e. The molecule has 20 heavy (non-hydrogen) atoms. The predicted octanol–water partition coefficient (Wildman–Crippen LogP) is 4.12. The molecule has 1 saturated heterocycles. The third kappa shape index (κ3) is 3.85. The Morgan fingerprint density at radius 3 is 2.65 bits per heavy atom. The van der Waals surface area contributed by atoms with Crippen LogP contribution in [0.1, 0.15) is 31.4 Å². The Morgan fingerprint density at radius 2 is 2.00 bits per heavy atom. The summed E-state index contributed by atoms with van der Waals surface area (Å²) < 4.78 is 13.5. The fourth-order valence-corrected chi connectivity index (χ4v) is 3.35. The molecule has 1 aliphatic rings. The monoisotopic (exact) mass is 318 g/mol. The van der Waals surface area contributed by atoms with Gasteiger partial charge in [0.1, 0.15) is 5.82 Å². The van der Waals surface area contributed by atoms with Gasteiger partial charge in [0.05, 0.1) is 5.02 Å². The van der Waals surface area contributed by atoms with Crippen molar-refractivity contribution in [2.45, 2.75) is 25.8 Å². The van der Waals surface area contributed by atoms with E-state index in [-0.39, 0.29) is 11.1 Å². The van der Waals surface area contributed by atoms with E-state index >= 15 is 0 Å². The first-order valence-corrected chi connectivity index (χ1v) is 7.80. The van der Waals surface area contributed by atoms with Crippen LogP contribution in [0.5, 0.6) is 0 Å². The zero-order valence-electron chi connectivity index (χ0n) is 11.9. The van der Waals surface area contributed by atoms with E-state index in [1.807, 2.05) is 6.92 Å². The minimum Gasteiger partial charge on any atom is -0.310 e. The molecule has 1 unspecified atom stereocenters. The van der Waals surface area contributed by atoms with Crippen molar-refractivity contribution in [3.05, 3.63) is 33.6 Å². The molecule has 5 heteroatoms. The molecule has 0 spiro atoms. The highest BCUT2D eigenvalue weighted by atomic mass is 35.5. The fourth-order valence-electron chi connectivity index (χ4n) is 2.65. The summed E-state index contributed by atoms with van der Waals surface area (Å²) >= 11 is 12.2. The topological polar surface area (TPSA) is 15.3 Å². The van der Waals surface area contributed by atoms with Gasteiger partial charge in [-0.25, -0.2) is 4.39 Å². The number of hydrogen-bond donors (Lipinski definition) is 1. The van der Waals surface area contributed by atoms with Gasteiger partial charge in [-0.15, -0.1) is 0 Å². The number of nitrogens with one attached hydrogen (secondary N) is 1. The summed E-state index contributed by atoms with van der Waals surface area (Å²) in [6.07, 6.45) is 2.39. The maximum absolute atomic E-state index is 13.5. The molecule has 112 valence electrons. The zero-order chi connectivity index (χ0) is 14.7. The van der Waals surface area contributed by atoms with Gasteiger partial charge >= 0.3 is 0 Å². The van der Waals surface area contributed by atoms with Gasteiger partial charge in [-0.3, -0.25) is 0 Å². The van der Waals surface area contributed by atoms with Crippen molar-refractivity contribution in [3.63, 3.8) is 0 Å². The second-order valence-electron chi connectivity index (χ2n) is 5.63. The Hall–Kier alpha value is -0.350. The van der Waals surface area contributed by atoms with E-state index in [1.54, 1.807) is 6.07 Å². The Kier molecular flexibility index (Phi) is 5.67. The van der Waals surface area contributed by atoms with Crippen molar-refractivity contribution < 1.29 is 4.39 Å². The second kappa shape index (κ2) is 7.08. The Balaban J connectivity index is 1.95. The van der Waals surface area contributed by atoms with Crippen LogP contribution in [0, 0.1) is 11.7 Å². The van der Waals surface area contributed by atoms with E-state index in [4.69, 9.17) is 23.2 Å². The van der Waals surface area contributed by atoms with Gasteiger partial charge in [0.2, 0.25) is 0 Å². The molecule has 1 atom stereocenters. The lowest BCUT2D eigenvalue weighted by Crippen LogP contribution is -2.35. The number of hydrogen-bond acceptors (Lipinski definition) is 2. The first kappa shape index (κ1) is 16.0. The number of benzene rings is 1. The molecule has 2 rings (SSSR count). The van der Waals surface area contributed by atoms with Crippen LogP contribution in [0.25, 0.3) is 0 Å². The molecule has 1 aromatic rings. The van der Waals surface area contributed by atoms with E-state index in [0.29, 0.717) is 16.5 Å². The molecule has 0 bridgehead atoms. The van der Waals surface area contributed by atoms with Gasteiger partial charge in [0.15, 0.2) is 0 Å². The molecule has 1 aliphatic heterocycles. The Morgan fingerprint density at radius 1 is 1.35 bits per heavy atom. The molecule has 0 aliphatic carbocycles. The van der Waals surface area contributed by atoms with E-state index in [1.165, 1.54) is 18.9 Å². The van der Waals surface area contributed by atoms with Crippen molar-refractivity contribution in [2.75, 3.05) is 26.7 Å². The van der Waals surface area contributed by atoms with Gasteiger partial charge in [0.25, 0.3) is 0 Å². The van der Waals surface area contributed by atoms with Crippen LogP contribution in [0.4, 0.5) is 4.39 Å². The minimum absolute atomic E-state index is 0.0506. The van der Waals surface area contributed by atoms with Gasteiger partial charge in [-0.05, 0) is 64.5 Å². The van der Waals surface area contributed by atoms with Crippen LogP contribution in [0.3, 0.4) is 0 Å². The van der Waals surface area contributed by atoms with Crippen LogP contribution in [-0.4, -0.2) is 31.6 Å². The zero-order valence-corrected chi connectivity index (χ0v) is 13.4. The van der Waals surface area contributed by atoms with Crippen molar-refractivity contribution >= 4 is 23.2 Å². The van der Waals surface area contributed by atoms with Crippen LogP contribution >= 0.6 is 23.2 Å². The van der Waals surface area contributed by atoms with E-state index in [0.717, 1.165) is 19.6 Å². The molecular formula is C15H21Cl2FN2. The highest BCUT2D eigenvalue weighted by Gasteiger charge is 2.20. The molecule has 0 saturated carbocycles. The minimum atomic E-state index is -0.418. The number of rotatable bonds is 4. The molecule has 0 radical (unpaired) electrons. The average molecular weight is 319 g/mol. The van der Waals surface area contributed by atoms with E-state index in [9.17, 15) is 4.39 Å². The standard InChI is InChI=1S/C15H21Cl2FN2/c1-10(14-12(16)3-4-13(18)15(14)17)19-9-11-5-7-20(2)8-6-11/h3-4,10-11,19H,5-9H2,1-2H3. The number of likely N-dealkylation sites (tertiary alicyclic amines) is 1. The van der Waals surface area contributed by atoms with Gasteiger partial charge in [-0.2, -0.15) is 0 Å². The van der Waals surface area contributed by atoms with Crippen molar-refractivity contribution in [3.8, 4) is 0 Å². The molecular weight excluding hydrogens is 298 g/mol. The number of halogens is 3. The van der Waals surface area contributed by atoms with E-state index < -0.39 is 5.82 Å². The summed E-state index contributed by atoms with van der Waals surface area (Å²) in [6.45, 7) is 5.17. The number of piperidine rings is 1. The average Bonchev–Trinajstić information content (AvgIpc) is 2.43. The highest BCUT2D eigenvalue weighted by molar-refractivity contribution is 6.36. The molecule has 1 heterocycles. The predicted molar refractivity (Wildman–Crippen MR) is 83.1 cm³/mol. The second-order valence-corrected chi connectivity index (χ2v) is 6.42. The largest absolute Gasteiger partial charge is 0.310 e. The first-order valence-electron chi connectivity index (χ1n) is 7.04. The molecule has 0 aromatic heterocycles. The SMILES string of the molecule is CC(NCC1CCN(C)CC1)c1c(Cl)ccc(F)c1Cl. The summed E-state index contributed by atoms with van der Waals surface area (Å²) in [4.78, 5) is 2.35. The normalized spacial score (nSPS) is 19.2. The van der Waals surface area contributed by atoms with Crippen molar-refractivity contribution in [2.24, 2.45) is 5.92 Å². The van der Waals surface area contributed by atoms with Crippen LogP contribution < -0.4 is 5.32 Å².